The zero-order valence-corrected chi connectivity index (χ0v) is 14.3. The number of rotatable bonds is 10. The molecule has 0 saturated carbocycles. The van der Waals surface area contributed by atoms with E-state index >= 15 is 0 Å². The van der Waals surface area contributed by atoms with Crippen LogP contribution in [0.5, 0.6) is 0 Å². The Bertz CT molecular complexity index is 498. The van der Waals surface area contributed by atoms with Gasteiger partial charge in [-0.05, 0) is 19.3 Å². The molecule has 1 aliphatic heterocycles. The van der Waals surface area contributed by atoms with Gasteiger partial charge in [-0.2, -0.15) is 0 Å². The topological polar surface area (TPSA) is 141 Å². The van der Waals surface area contributed by atoms with Crippen molar-refractivity contribution in [2.75, 3.05) is 6.61 Å². The maximum absolute atomic E-state index is 9.96. The number of aromatic nitrogens is 3. The van der Waals surface area contributed by atoms with Gasteiger partial charge in [0.25, 0.3) is 0 Å². The van der Waals surface area contributed by atoms with Crippen LogP contribution in [0.25, 0.3) is 0 Å². The van der Waals surface area contributed by atoms with Crippen LogP contribution in [-0.2, 0) is 17.9 Å². The molecule has 1 aliphatic rings. The number of aliphatic hydroxyl groups excluding tert-OH is 5. The van der Waals surface area contributed by atoms with E-state index in [1.54, 1.807) is 6.20 Å². The van der Waals surface area contributed by atoms with Gasteiger partial charge in [0.15, 0.2) is 0 Å². The highest BCUT2D eigenvalue weighted by Crippen LogP contribution is 2.24. The Morgan fingerprint density at radius 1 is 0.920 bits per heavy atom. The van der Waals surface area contributed by atoms with Crippen molar-refractivity contribution in [3.8, 4) is 0 Å². The van der Waals surface area contributed by atoms with Crippen molar-refractivity contribution in [3.63, 3.8) is 0 Å². The second-order valence-electron chi connectivity index (χ2n) is 6.56. The quantitative estimate of drug-likeness (QED) is 0.333. The maximum atomic E-state index is 9.96. The van der Waals surface area contributed by atoms with Crippen molar-refractivity contribution < 1.29 is 30.3 Å². The zero-order chi connectivity index (χ0) is 18.2. The molecule has 0 spiro atoms. The molecule has 0 amide bonds. The highest BCUT2D eigenvalue weighted by Gasteiger charge is 2.42. The van der Waals surface area contributed by atoms with Gasteiger partial charge in [0.2, 0.25) is 0 Å². The van der Waals surface area contributed by atoms with Crippen LogP contribution in [0.1, 0.15) is 44.2 Å². The number of nitrogens with zero attached hydrogens (tertiary/aromatic N) is 3. The first kappa shape index (κ1) is 20.2. The predicted molar refractivity (Wildman–Crippen MR) is 87.4 cm³/mol. The van der Waals surface area contributed by atoms with Crippen LogP contribution in [0.3, 0.4) is 0 Å². The lowest BCUT2D eigenvalue weighted by Gasteiger charge is -2.40. The molecule has 1 aromatic rings. The largest absolute Gasteiger partial charge is 0.394 e. The van der Waals surface area contributed by atoms with Gasteiger partial charge in [0.05, 0.1) is 24.6 Å². The molecule has 2 heterocycles. The number of ether oxygens (including phenoxy) is 1. The van der Waals surface area contributed by atoms with Gasteiger partial charge in [0.1, 0.15) is 31.1 Å². The molecule has 25 heavy (non-hydrogen) atoms. The van der Waals surface area contributed by atoms with Gasteiger partial charge in [-0.25, -0.2) is 4.68 Å². The predicted octanol–water partition coefficient (Wildman–Crippen LogP) is -1.05. The van der Waals surface area contributed by atoms with E-state index in [9.17, 15) is 15.3 Å². The Morgan fingerprint density at radius 2 is 1.60 bits per heavy atom. The van der Waals surface area contributed by atoms with Gasteiger partial charge < -0.3 is 30.3 Å². The summed E-state index contributed by atoms with van der Waals surface area (Å²) in [6, 6.07) is 0. The normalized spacial score (nSPS) is 29.9. The third-order valence-corrected chi connectivity index (χ3v) is 4.64. The molecule has 5 N–H and O–H groups in total. The lowest BCUT2D eigenvalue weighted by Crippen LogP contribution is -2.58. The van der Waals surface area contributed by atoms with Crippen molar-refractivity contribution >= 4 is 0 Å². The molecule has 0 radical (unpaired) electrons. The smallest absolute Gasteiger partial charge is 0.137 e. The number of unbranched alkanes of at least 4 members (excludes halogenated alkanes) is 4. The molecule has 1 saturated heterocycles. The van der Waals surface area contributed by atoms with E-state index in [0.29, 0.717) is 6.42 Å². The fourth-order valence-corrected chi connectivity index (χ4v) is 3.12. The Balaban J connectivity index is 1.57. The van der Waals surface area contributed by atoms with Crippen molar-refractivity contribution in [3.05, 3.63) is 11.9 Å². The van der Waals surface area contributed by atoms with Gasteiger partial charge in [-0.1, -0.05) is 30.9 Å². The van der Waals surface area contributed by atoms with Crippen LogP contribution in [0.2, 0.25) is 0 Å². The molecular formula is C16H29N3O6. The van der Waals surface area contributed by atoms with Crippen LogP contribution in [0, 0.1) is 0 Å². The van der Waals surface area contributed by atoms with Crippen LogP contribution in [-0.4, -0.2) is 77.7 Å². The molecule has 9 heteroatoms. The molecule has 0 aromatic carbocycles. The van der Waals surface area contributed by atoms with Crippen molar-refractivity contribution in [2.45, 2.75) is 82.2 Å². The van der Waals surface area contributed by atoms with Crippen LogP contribution < -0.4 is 0 Å². The minimum atomic E-state index is -1.29. The maximum Gasteiger partial charge on any atom is 0.137 e. The third kappa shape index (κ3) is 5.70. The van der Waals surface area contributed by atoms with Gasteiger partial charge >= 0.3 is 0 Å². The van der Waals surface area contributed by atoms with E-state index in [1.807, 2.05) is 0 Å². The van der Waals surface area contributed by atoms with Gasteiger partial charge in [-0.3, -0.25) is 0 Å². The van der Waals surface area contributed by atoms with Crippen molar-refractivity contribution in [2.24, 2.45) is 0 Å². The monoisotopic (exact) mass is 359 g/mol. The second kappa shape index (κ2) is 10.1. The van der Waals surface area contributed by atoms with E-state index < -0.39 is 30.5 Å². The summed E-state index contributed by atoms with van der Waals surface area (Å²) < 4.78 is 6.87. The molecule has 9 nitrogen and oxygen atoms in total. The van der Waals surface area contributed by atoms with E-state index in [2.05, 4.69) is 10.3 Å². The number of aliphatic hydroxyl groups is 5. The lowest BCUT2D eigenvalue weighted by molar-refractivity contribution is -0.230. The zero-order valence-electron chi connectivity index (χ0n) is 14.3. The van der Waals surface area contributed by atoms with Crippen molar-refractivity contribution in [1.29, 1.82) is 0 Å². The molecule has 2 rings (SSSR count). The molecule has 0 unspecified atom stereocenters. The Kier molecular flexibility index (Phi) is 8.20. The van der Waals surface area contributed by atoms with Crippen LogP contribution >= 0.6 is 0 Å². The fourth-order valence-electron chi connectivity index (χ4n) is 3.12. The average molecular weight is 359 g/mol. The minimum Gasteiger partial charge on any atom is -0.394 e. The Hall–Kier alpha value is -1.10. The number of hydrogen-bond acceptors (Lipinski definition) is 8. The van der Waals surface area contributed by atoms with Gasteiger partial charge in [-0.15, -0.1) is 5.10 Å². The molecule has 1 fully saturated rings. The van der Waals surface area contributed by atoms with E-state index in [1.165, 1.54) is 4.68 Å². The standard InChI is InChI=1S/C16H29N3O6/c20-9-13-15(23)16(24)14(22)12(25-13)7-5-3-1-2-4-6-11-8-19(10-21)18-17-11/h8,12-16,20-24H,1-7,9-10H2/t12-,13-,14-,15-,16-/m1/s1. The average Bonchev–Trinajstić information content (AvgIpc) is 3.08. The summed E-state index contributed by atoms with van der Waals surface area (Å²) in [6.07, 6.45) is 2.91. The summed E-state index contributed by atoms with van der Waals surface area (Å²) in [5, 5.41) is 55.2. The van der Waals surface area contributed by atoms with E-state index in [4.69, 9.17) is 14.9 Å². The molecule has 0 aliphatic carbocycles. The molecular weight excluding hydrogens is 330 g/mol. The van der Waals surface area contributed by atoms with Crippen molar-refractivity contribution in [1.82, 2.24) is 15.0 Å². The number of hydrogen-bond donors (Lipinski definition) is 5. The minimum absolute atomic E-state index is 0.162. The molecule has 144 valence electrons. The lowest BCUT2D eigenvalue weighted by atomic mass is 9.92. The first-order valence-electron chi connectivity index (χ1n) is 8.87. The summed E-state index contributed by atoms with van der Waals surface area (Å²) in [5.41, 5.74) is 0.871. The van der Waals surface area contributed by atoms with Crippen LogP contribution in [0.4, 0.5) is 0 Å². The fraction of sp³-hybridized carbons (Fsp3) is 0.875. The molecule has 5 atom stereocenters. The highest BCUT2D eigenvalue weighted by molar-refractivity contribution is 4.92. The highest BCUT2D eigenvalue weighted by atomic mass is 16.5. The van der Waals surface area contributed by atoms with E-state index in [0.717, 1.165) is 44.2 Å². The second-order valence-corrected chi connectivity index (χ2v) is 6.56. The van der Waals surface area contributed by atoms with Gasteiger partial charge in [0, 0.05) is 0 Å². The third-order valence-electron chi connectivity index (χ3n) is 4.64. The number of aryl methyl sites for hydroxylation is 1. The summed E-state index contributed by atoms with van der Waals surface area (Å²) in [4.78, 5) is 0. The Labute approximate surface area is 146 Å². The summed E-state index contributed by atoms with van der Waals surface area (Å²) in [7, 11) is 0. The van der Waals surface area contributed by atoms with Crippen LogP contribution in [0.15, 0.2) is 6.20 Å². The first-order valence-corrected chi connectivity index (χ1v) is 8.87. The molecule has 1 aromatic heterocycles. The first-order chi connectivity index (χ1) is 12.1. The summed E-state index contributed by atoms with van der Waals surface area (Å²) in [6.45, 7) is -0.548. The summed E-state index contributed by atoms with van der Waals surface area (Å²) in [5.74, 6) is 0. The Morgan fingerprint density at radius 3 is 2.28 bits per heavy atom. The summed E-state index contributed by atoms with van der Waals surface area (Å²) >= 11 is 0. The van der Waals surface area contributed by atoms with E-state index in [-0.39, 0.29) is 13.3 Å². The SMILES string of the molecule is OC[C@H]1O[C@H](CCCCCCCc2cn(CO)nn2)[C@@H](O)[C@@H](O)[C@@H]1O. The molecule has 0 bridgehead atoms.